The van der Waals surface area contributed by atoms with E-state index in [1.165, 1.54) is 31.2 Å². The number of hydrogen-bond acceptors (Lipinski definition) is 2. The van der Waals surface area contributed by atoms with Crippen molar-refractivity contribution in [3.8, 4) is 5.75 Å². The first-order chi connectivity index (χ1) is 9.69. The molecule has 1 aromatic carbocycles. The van der Waals surface area contributed by atoms with Gasteiger partial charge in [0.25, 0.3) is 0 Å². The Morgan fingerprint density at radius 1 is 1.25 bits per heavy atom. The van der Waals surface area contributed by atoms with Crippen LogP contribution in [0.1, 0.15) is 38.7 Å². The molecule has 0 spiro atoms. The summed E-state index contributed by atoms with van der Waals surface area (Å²) in [5.74, 6) is 3.40. The molecule has 1 aliphatic rings. The smallest absolute Gasteiger partial charge is 0.119 e. The van der Waals surface area contributed by atoms with Crippen molar-refractivity contribution in [3.63, 3.8) is 0 Å². The second kappa shape index (κ2) is 7.68. The molecule has 20 heavy (non-hydrogen) atoms. The molecule has 1 unspecified atom stereocenters. The second-order valence-electron chi connectivity index (χ2n) is 6.56. The molecular weight excluding hydrogens is 246 g/mol. The summed E-state index contributed by atoms with van der Waals surface area (Å²) in [6.45, 7) is 6.82. The monoisotopic (exact) mass is 275 g/mol. The molecule has 0 bridgehead atoms. The van der Waals surface area contributed by atoms with Crippen LogP contribution in [0.4, 0.5) is 0 Å². The first kappa shape index (κ1) is 15.4. The predicted octanol–water partition coefficient (Wildman–Crippen LogP) is 3.90. The molecule has 1 fully saturated rings. The van der Waals surface area contributed by atoms with E-state index in [1.54, 1.807) is 7.11 Å². The molecule has 2 rings (SSSR count). The summed E-state index contributed by atoms with van der Waals surface area (Å²) >= 11 is 0. The molecule has 2 heteroatoms. The average Bonchev–Trinajstić information content (AvgIpc) is 2.36. The third-order valence-corrected chi connectivity index (χ3v) is 4.41. The summed E-state index contributed by atoms with van der Waals surface area (Å²) < 4.78 is 5.33. The van der Waals surface area contributed by atoms with Crippen molar-refractivity contribution in [2.24, 2.45) is 17.8 Å². The zero-order valence-corrected chi connectivity index (χ0v) is 13.2. The minimum Gasteiger partial charge on any atom is -0.497 e. The largest absolute Gasteiger partial charge is 0.497 e. The van der Waals surface area contributed by atoms with E-state index in [-0.39, 0.29) is 0 Å². The van der Waals surface area contributed by atoms with Crippen molar-refractivity contribution in [3.05, 3.63) is 29.8 Å². The highest BCUT2D eigenvalue weighted by Crippen LogP contribution is 2.35. The Morgan fingerprint density at radius 2 is 2.05 bits per heavy atom. The van der Waals surface area contributed by atoms with Crippen molar-refractivity contribution in [2.45, 2.75) is 39.5 Å². The van der Waals surface area contributed by atoms with Gasteiger partial charge in [-0.1, -0.05) is 45.2 Å². The topological polar surface area (TPSA) is 21.3 Å². The van der Waals surface area contributed by atoms with E-state index >= 15 is 0 Å². The van der Waals surface area contributed by atoms with Crippen LogP contribution < -0.4 is 10.1 Å². The van der Waals surface area contributed by atoms with Crippen LogP contribution in [0.5, 0.6) is 5.75 Å². The van der Waals surface area contributed by atoms with Crippen molar-refractivity contribution < 1.29 is 4.74 Å². The normalized spacial score (nSPS) is 17.0. The fourth-order valence-corrected chi connectivity index (χ4v) is 2.98. The van der Waals surface area contributed by atoms with Crippen LogP contribution in [0.3, 0.4) is 0 Å². The average molecular weight is 275 g/mol. The number of hydrogen-bond donors (Lipinski definition) is 1. The Morgan fingerprint density at radius 3 is 2.65 bits per heavy atom. The fraction of sp³-hybridized carbons (Fsp3) is 0.667. The second-order valence-corrected chi connectivity index (χ2v) is 6.56. The lowest BCUT2D eigenvalue weighted by atomic mass is 9.73. The van der Waals surface area contributed by atoms with Gasteiger partial charge in [-0.3, -0.25) is 0 Å². The molecule has 0 radical (unpaired) electrons. The Kier molecular flexibility index (Phi) is 5.90. The Hall–Kier alpha value is -1.02. The number of ether oxygens (including phenoxy) is 1. The molecule has 0 aliphatic heterocycles. The maximum absolute atomic E-state index is 5.33. The summed E-state index contributed by atoms with van der Waals surface area (Å²) in [7, 11) is 1.74. The molecule has 1 atom stereocenters. The highest BCUT2D eigenvalue weighted by molar-refractivity contribution is 5.28. The quantitative estimate of drug-likeness (QED) is 0.777. The number of nitrogens with one attached hydrogen (secondary N) is 1. The lowest BCUT2D eigenvalue weighted by Gasteiger charge is -2.34. The van der Waals surface area contributed by atoms with E-state index in [4.69, 9.17) is 4.74 Å². The van der Waals surface area contributed by atoms with Crippen LogP contribution in [-0.2, 0) is 6.42 Å². The van der Waals surface area contributed by atoms with Crippen LogP contribution in [0.2, 0.25) is 0 Å². The third kappa shape index (κ3) is 4.52. The van der Waals surface area contributed by atoms with Crippen LogP contribution >= 0.6 is 0 Å². The summed E-state index contributed by atoms with van der Waals surface area (Å²) in [6, 6.07) is 8.55. The van der Waals surface area contributed by atoms with Crippen LogP contribution in [0.25, 0.3) is 0 Å². The van der Waals surface area contributed by atoms with Gasteiger partial charge in [0.15, 0.2) is 0 Å². The summed E-state index contributed by atoms with van der Waals surface area (Å²) in [6.07, 6.45) is 5.42. The van der Waals surface area contributed by atoms with Crippen molar-refractivity contribution in [1.82, 2.24) is 5.32 Å². The van der Waals surface area contributed by atoms with Crippen LogP contribution in [-0.4, -0.2) is 20.2 Å². The molecule has 0 aromatic heterocycles. The molecule has 1 aliphatic carbocycles. The van der Waals surface area contributed by atoms with Gasteiger partial charge in [0.1, 0.15) is 5.75 Å². The van der Waals surface area contributed by atoms with Crippen molar-refractivity contribution in [2.75, 3.05) is 20.2 Å². The minimum atomic E-state index is 0.730. The molecule has 112 valence electrons. The molecule has 1 N–H and O–H groups in total. The van der Waals surface area contributed by atoms with Gasteiger partial charge in [0, 0.05) is 0 Å². The number of rotatable bonds is 8. The maximum atomic E-state index is 5.33. The highest BCUT2D eigenvalue weighted by atomic mass is 16.5. The Balaban J connectivity index is 1.92. The predicted molar refractivity (Wildman–Crippen MR) is 85.2 cm³/mol. The molecule has 1 aromatic rings. The molecule has 1 saturated carbocycles. The van der Waals surface area contributed by atoms with Gasteiger partial charge in [-0.05, 0) is 55.0 Å². The number of benzene rings is 1. The van der Waals surface area contributed by atoms with Gasteiger partial charge < -0.3 is 10.1 Å². The standard InChI is InChI=1S/C18H29NO/c1-14(2)12-19-13-17(16-7-5-8-16)10-15-6-4-9-18(11-15)20-3/h4,6,9,11,14,16-17,19H,5,7-8,10,12-13H2,1-3H3. The van der Waals surface area contributed by atoms with Crippen LogP contribution in [0.15, 0.2) is 24.3 Å². The number of methoxy groups -OCH3 is 1. The summed E-state index contributed by atoms with van der Waals surface area (Å²) in [4.78, 5) is 0. The first-order valence-electron chi connectivity index (χ1n) is 8.02. The van der Waals surface area contributed by atoms with Gasteiger partial charge >= 0.3 is 0 Å². The molecule has 0 saturated heterocycles. The highest BCUT2D eigenvalue weighted by Gasteiger charge is 2.27. The Bertz CT molecular complexity index is 398. The fourth-order valence-electron chi connectivity index (χ4n) is 2.98. The van der Waals surface area contributed by atoms with E-state index in [2.05, 4.69) is 37.4 Å². The van der Waals surface area contributed by atoms with Gasteiger partial charge in [0.05, 0.1) is 7.11 Å². The first-order valence-corrected chi connectivity index (χ1v) is 8.02. The molecule has 0 amide bonds. The zero-order valence-electron chi connectivity index (χ0n) is 13.2. The zero-order chi connectivity index (χ0) is 14.4. The van der Waals surface area contributed by atoms with Crippen molar-refractivity contribution in [1.29, 1.82) is 0 Å². The van der Waals surface area contributed by atoms with Gasteiger partial charge in [-0.2, -0.15) is 0 Å². The van der Waals surface area contributed by atoms with Gasteiger partial charge in [-0.15, -0.1) is 0 Å². The van der Waals surface area contributed by atoms with E-state index in [1.807, 2.05) is 6.07 Å². The lowest BCUT2D eigenvalue weighted by molar-refractivity contribution is 0.198. The van der Waals surface area contributed by atoms with E-state index in [9.17, 15) is 0 Å². The Labute approximate surface area is 123 Å². The SMILES string of the molecule is COc1cccc(CC(CNCC(C)C)C2CCC2)c1. The van der Waals surface area contributed by atoms with E-state index in [0.29, 0.717) is 0 Å². The van der Waals surface area contributed by atoms with Crippen LogP contribution in [0, 0.1) is 17.8 Å². The lowest BCUT2D eigenvalue weighted by Crippen LogP contribution is -2.34. The van der Waals surface area contributed by atoms with Crippen molar-refractivity contribution >= 4 is 0 Å². The van der Waals surface area contributed by atoms with Gasteiger partial charge in [-0.25, -0.2) is 0 Å². The molecular formula is C18H29NO. The third-order valence-electron chi connectivity index (χ3n) is 4.41. The molecule has 2 nitrogen and oxygen atoms in total. The summed E-state index contributed by atoms with van der Waals surface area (Å²) in [5, 5.41) is 3.65. The molecule has 0 heterocycles. The minimum absolute atomic E-state index is 0.730. The summed E-state index contributed by atoms with van der Waals surface area (Å²) in [5.41, 5.74) is 1.41. The van der Waals surface area contributed by atoms with E-state index in [0.717, 1.165) is 36.6 Å². The maximum Gasteiger partial charge on any atom is 0.119 e. The van der Waals surface area contributed by atoms with Gasteiger partial charge in [0.2, 0.25) is 0 Å². The van der Waals surface area contributed by atoms with E-state index < -0.39 is 0 Å².